The van der Waals surface area contributed by atoms with E-state index >= 15 is 0 Å². The average molecular weight is 169 g/mol. The molecular formula is C6H10F3NO. The highest BCUT2D eigenvalue weighted by molar-refractivity contribution is 4.96. The molecule has 1 aliphatic rings. The molecule has 0 aromatic carbocycles. The normalized spacial score (nSPS) is 39.5. The second-order valence-electron chi connectivity index (χ2n) is 3.03. The van der Waals surface area contributed by atoms with E-state index in [1.54, 1.807) is 0 Å². The summed E-state index contributed by atoms with van der Waals surface area (Å²) in [6, 6.07) is -0.512. The van der Waals surface area contributed by atoms with Gasteiger partial charge in [0.15, 0.2) is 5.60 Å². The van der Waals surface area contributed by atoms with Crippen molar-refractivity contribution in [2.24, 2.45) is 5.73 Å². The van der Waals surface area contributed by atoms with Crippen LogP contribution in [0.25, 0.3) is 0 Å². The molecule has 66 valence electrons. The number of aliphatic hydroxyl groups is 1. The third kappa shape index (κ3) is 1.49. The lowest BCUT2D eigenvalue weighted by molar-refractivity contribution is -0.257. The summed E-state index contributed by atoms with van der Waals surface area (Å²) in [6.45, 7) is 0. The lowest BCUT2D eigenvalue weighted by Gasteiger charge is -2.25. The Balaban J connectivity index is 2.69. The third-order valence-electron chi connectivity index (χ3n) is 2.06. The van der Waals surface area contributed by atoms with E-state index in [4.69, 9.17) is 10.8 Å². The standard InChI is InChI=1S/C6H10F3NO/c7-6(8,9)5(11)2-1-4(10)3-5/h4,11H,1-3,10H2/t4-,5+/m0/s1. The Morgan fingerprint density at radius 2 is 2.00 bits per heavy atom. The molecule has 0 spiro atoms. The Morgan fingerprint density at radius 1 is 1.45 bits per heavy atom. The van der Waals surface area contributed by atoms with E-state index < -0.39 is 17.8 Å². The van der Waals surface area contributed by atoms with Gasteiger partial charge >= 0.3 is 6.18 Å². The van der Waals surface area contributed by atoms with Crippen LogP contribution in [0, 0.1) is 0 Å². The van der Waals surface area contributed by atoms with Gasteiger partial charge in [-0.25, -0.2) is 0 Å². The molecule has 0 saturated heterocycles. The van der Waals surface area contributed by atoms with Crippen molar-refractivity contribution >= 4 is 0 Å². The van der Waals surface area contributed by atoms with Crippen LogP contribution >= 0.6 is 0 Å². The zero-order valence-corrected chi connectivity index (χ0v) is 5.86. The molecule has 0 unspecified atom stereocenters. The second kappa shape index (κ2) is 2.35. The van der Waals surface area contributed by atoms with E-state index in [-0.39, 0.29) is 19.3 Å². The zero-order chi connectivity index (χ0) is 8.70. The van der Waals surface area contributed by atoms with Gasteiger partial charge in [-0.1, -0.05) is 0 Å². The molecule has 0 aliphatic heterocycles. The highest BCUT2D eigenvalue weighted by Gasteiger charge is 2.56. The van der Waals surface area contributed by atoms with Crippen LogP contribution < -0.4 is 5.73 Å². The third-order valence-corrected chi connectivity index (χ3v) is 2.06. The van der Waals surface area contributed by atoms with Gasteiger partial charge in [0.05, 0.1) is 0 Å². The second-order valence-corrected chi connectivity index (χ2v) is 3.03. The maximum Gasteiger partial charge on any atom is 0.417 e. The number of alkyl halides is 3. The topological polar surface area (TPSA) is 46.2 Å². The van der Waals surface area contributed by atoms with E-state index in [2.05, 4.69) is 0 Å². The molecule has 0 bridgehead atoms. The van der Waals surface area contributed by atoms with Crippen LogP contribution in [0.3, 0.4) is 0 Å². The van der Waals surface area contributed by atoms with Crippen LogP contribution in [-0.2, 0) is 0 Å². The van der Waals surface area contributed by atoms with Crippen LogP contribution in [0.4, 0.5) is 13.2 Å². The van der Waals surface area contributed by atoms with Crippen molar-refractivity contribution in [2.45, 2.75) is 37.1 Å². The summed E-state index contributed by atoms with van der Waals surface area (Å²) in [6.07, 6.45) is -4.91. The van der Waals surface area contributed by atoms with E-state index in [9.17, 15) is 13.2 Å². The average Bonchev–Trinajstić information content (AvgIpc) is 2.10. The SMILES string of the molecule is N[C@H]1CC[C@](O)(C(F)(F)F)C1. The summed E-state index contributed by atoms with van der Waals surface area (Å²) in [5.74, 6) is 0. The summed E-state index contributed by atoms with van der Waals surface area (Å²) < 4.78 is 36.0. The summed E-state index contributed by atoms with van der Waals surface area (Å²) in [7, 11) is 0. The van der Waals surface area contributed by atoms with Gasteiger partial charge in [0.1, 0.15) is 0 Å². The molecule has 0 radical (unpaired) electrons. The molecule has 0 amide bonds. The van der Waals surface area contributed by atoms with Crippen molar-refractivity contribution in [3.05, 3.63) is 0 Å². The Labute approximate surface area is 62.2 Å². The number of halogens is 3. The summed E-state index contributed by atoms with van der Waals surface area (Å²) in [5.41, 5.74) is 2.73. The number of nitrogens with two attached hydrogens (primary N) is 1. The lowest BCUT2D eigenvalue weighted by atomic mass is 10.0. The summed E-state index contributed by atoms with van der Waals surface area (Å²) in [5, 5.41) is 8.99. The monoisotopic (exact) mass is 169 g/mol. The minimum atomic E-state index is -4.53. The predicted octanol–water partition coefficient (Wildman–Crippen LogP) is 0.791. The van der Waals surface area contributed by atoms with Gasteiger partial charge in [-0.2, -0.15) is 13.2 Å². The van der Waals surface area contributed by atoms with Gasteiger partial charge in [-0.3, -0.25) is 0 Å². The van der Waals surface area contributed by atoms with E-state index in [1.165, 1.54) is 0 Å². The Morgan fingerprint density at radius 3 is 2.18 bits per heavy atom. The number of hydrogen-bond donors (Lipinski definition) is 2. The largest absolute Gasteiger partial charge is 0.417 e. The minimum absolute atomic E-state index is 0.246. The molecule has 1 fully saturated rings. The molecule has 0 aromatic rings. The van der Waals surface area contributed by atoms with Crippen molar-refractivity contribution < 1.29 is 18.3 Å². The smallest absolute Gasteiger partial charge is 0.380 e. The molecule has 2 atom stereocenters. The van der Waals surface area contributed by atoms with Crippen molar-refractivity contribution in [1.82, 2.24) is 0 Å². The first-order valence-corrected chi connectivity index (χ1v) is 3.40. The van der Waals surface area contributed by atoms with Crippen LogP contribution in [-0.4, -0.2) is 22.9 Å². The fourth-order valence-corrected chi connectivity index (χ4v) is 1.32. The number of rotatable bonds is 0. The molecule has 1 aliphatic carbocycles. The van der Waals surface area contributed by atoms with Crippen LogP contribution in [0.15, 0.2) is 0 Å². The Bertz CT molecular complexity index is 158. The first-order chi connectivity index (χ1) is 4.85. The van der Waals surface area contributed by atoms with Gasteiger partial charge in [0.2, 0.25) is 0 Å². The van der Waals surface area contributed by atoms with Crippen molar-refractivity contribution in [2.75, 3.05) is 0 Å². The molecule has 1 rings (SSSR count). The molecule has 2 nitrogen and oxygen atoms in total. The van der Waals surface area contributed by atoms with Gasteiger partial charge in [-0.05, 0) is 12.8 Å². The maximum absolute atomic E-state index is 12.0. The molecule has 0 aromatic heterocycles. The van der Waals surface area contributed by atoms with Crippen LogP contribution in [0.5, 0.6) is 0 Å². The summed E-state index contributed by atoms with van der Waals surface area (Å²) >= 11 is 0. The zero-order valence-electron chi connectivity index (χ0n) is 5.86. The van der Waals surface area contributed by atoms with Crippen LogP contribution in [0.1, 0.15) is 19.3 Å². The molecule has 3 N–H and O–H groups in total. The fourth-order valence-electron chi connectivity index (χ4n) is 1.32. The lowest BCUT2D eigenvalue weighted by Crippen LogP contribution is -2.43. The quantitative estimate of drug-likeness (QED) is 0.563. The van der Waals surface area contributed by atoms with E-state index in [0.29, 0.717) is 0 Å². The molecule has 11 heavy (non-hydrogen) atoms. The van der Waals surface area contributed by atoms with Gasteiger partial charge in [-0.15, -0.1) is 0 Å². The predicted molar refractivity (Wildman–Crippen MR) is 32.8 cm³/mol. The highest BCUT2D eigenvalue weighted by Crippen LogP contribution is 2.42. The van der Waals surface area contributed by atoms with Crippen molar-refractivity contribution in [1.29, 1.82) is 0 Å². The molecular weight excluding hydrogens is 159 g/mol. The highest BCUT2D eigenvalue weighted by atomic mass is 19.4. The fraction of sp³-hybridized carbons (Fsp3) is 1.00. The minimum Gasteiger partial charge on any atom is -0.380 e. The van der Waals surface area contributed by atoms with Crippen LogP contribution in [0.2, 0.25) is 0 Å². The van der Waals surface area contributed by atoms with Gasteiger partial charge in [0, 0.05) is 12.5 Å². The Hall–Kier alpha value is -0.290. The number of hydrogen-bond acceptors (Lipinski definition) is 2. The first-order valence-electron chi connectivity index (χ1n) is 3.40. The first kappa shape index (κ1) is 8.80. The van der Waals surface area contributed by atoms with E-state index in [0.717, 1.165) is 0 Å². The Kier molecular flexibility index (Phi) is 1.88. The van der Waals surface area contributed by atoms with Crippen molar-refractivity contribution in [3.8, 4) is 0 Å². The maximum atomic E-state index is 12.0. The summed E-state index contributed by atoms with van der Waals surface area (Å²) in [4.78, 5) is 0. The molecule has 0 heterocycles. The van der Waals surface area contributed by atoms with Gasteiger partial charge < -0.3 is 10.8 Å². The van der Waals surface area contributed by atoms with E-state index in [1.807, 2.05) is 0 Å². The molecule has 1 saturated carbocycles. The molecule has 5 heteroatoms. The van der Waals surface area contributed by atoms with Crippen molar-refractivity contribution in [3.63, 3.8) is 0 Å². The van der Waals surface area contributed by atoms with Gasteiger partial charge in [0.25, 0.3) is 0 Å².